The van der Waals surface area contributed by atoms with Gasteiger partial charge in [-0.05, 0) is 0 Å². The number of rotatable bonds is 2. The van der Waals surface area contributed by atoms with Crippen LogP contribution in [0, 0.1) is 0 Å². The fourth-order valence-corrected chi connectivity index (χ4v) is 0.126. The van der Waals surface area contributed by atoms with Crippen molar-refractivity contribution in [1.29, 1.82) is 0 Å². The quantitative estimate of drug-likeness (QED) is 0.456. The molecular formula is C4H6F2. The Morgan fingerprint density at radius 2 is 2.17 bits per heavy atom. The Kier molecular flexibility index (Phi) is 2.63. The summed E-state index contributed by atoms with van der Waals surface area (Å²) in [5, 5.41) is 0. The zero-order valence-electron chi connectivity index (χ0n) is 3.32. The van der Waals surface area contributed by atoms with Crippen LogP contribution < -0.4 is 0 Å². The number of hydrogen-bond acceptors (Lipinski definition) is 0. The van der Waals surface area contributed by atoms with E-state index in [1.807, 2.05) is 0 Å². The summed E-state index contributed by atoms with van der Waals surface area (Å²) in [5.74, 6) is 0. The van der Waals surface area contributed by atoms with Crippen LogP contribution in [0.4, 0.5) is 8.78 Å². The van der Waals surface area contributed by atoms with Crippen molar-refractivity contribution >= 4 is 0 Å². The largest absolute Gasteiger partial charge is 0.242 e. The summed E-state index contributed by atoms with van der Waals surface area (Å²) in [4.78, 5) is 0. The summed E-state index contributed by atoms with van der Waals surface area (Å²) >= 11 is 0. The van der Waals surface area contributed by atoms with Gasteiger partial charge in [-0.2, -0.15) is 0 Å². The predicted molar refractivity (Wildman–Crippen MR) is 20.8 cm³/mol. The lowest BCUT2D eigenvalue weighted by Crippen LogP contribution is -1.82. The van der Waals surface area contributed by atoms with Crippen LogP contribution in [0.15, 0.2) is 12.7 Å². The molecule has 0 nitrogen and oxygen atoms in total. The van der Waals surface area contributed by atoms with Crippen LogP contribution in [-0.4, -0.2) is 6.43 Å². The summed E-state index contributed by atoms with van der Waals surface area (Å²) in [7, 11) is 0. The molecule has 0 amide bonds. The van der Waals surface area contributed by atoms with Gasteiger partial charge in [-0.15, -0.1) is 6.58 Å². The van der Waals surface area contributed by atoms with Crippen LogP contribution in [0.3, 0.4) is 0 Å². The molecule has 36 valence electrons. The van der Waals surface area contributed by atoms with Gasteiger partial charge in [-0.3, -0.25) is 0 Å². The minimum atomic E-state index is -2.22. The number of allylic oxidation sites excluding steroid dienone is 1. The summed E-state index contributed by atoms with van der Waals surface area (Å²) in [6, 6.07) is 0. The van der Waals surface area contributed by atoms with Crippen molar-refractivity contribution in [1.82, 2.24) is 0 Å². The SMILES string of the molecule is C=CCC(F)F. The number of alkyl halides is 2. The molecule has 0 aliphatic rings. The van der Waals surface area contributed by atoms with E-state index < -0.39 is 6.43 Å². The molecule has 0 aromatic rings. The third-order valence-corrected chi connectivity index (χ3v) is 0.345. The number of hydrogen-bond donors (Lipinski definition) is 0. The minimum absolute atomic E-state index is 0.194. The van der Waals surface area contributed by atoms with Crippen molar-refractivity contribution in [2.24, 2.45) is 0 Å². The van der Waals surface area contributed by atoms with E-state index in [4.69, 9.17) is 0 Å². The molecule has 0 radical (unpaired) electrons. The highest BCUT2D eigenvalue weighted by Gasteiger charge is 1.93. The second kappa shape index (κ2) is 2.82. The van der Waals surface area contributed by atoms with Crippen LogP contribution in [0.1, 0.15) is 6.42 Å². The molecule has 0 N–H and O–H groups in total. The second-order valence-corrected chi connectivity index (χ2v) is 0.915. The third kappa shape index (κ3) is 3.60. The Labute approximate surface area is 35.5 Å². The molecule has 0 saturated carbocycles. The first kappa shape index (κ1) is 5.60. The highest BCUT2D eigenvalue weighted by atomic mass is 19.3. The van der Waals surface area contributed by atoms with Crippen LogP contribution in [0.5, 0.6) is 0 Å². The van der Waals surface area contributed by atoms with Gasteiger partial charge in [0.2, 0.25) is 6.43 Å². The summed E-state index contributed by atoms with van der Waals surface area (Å²) in [6.45, 7) is 3.12. The predicted octanol–water partition coefficient (Wildman–Crippen LogP) is 1.83. The van der Waals surface area contributed by atoms with Gasteiger partial charge >= 0.3 is 0 Å². The summed E-state index contributed by atoms with van der Waals surface area (Å²) in [6.07, 6.45) is -1.22. The van der Waals surface area contributed by atoms with Crippen molar-refractivity contribution in [2.45, 2.75) is 12.8 Å². The van der Waals surface area contributed by atoms with Gasteiger partial charge in [0.05, 0.1) is 0 Å². The molecule has 0 aliphatic carbocycles. The molecular weight excluding hydrogens is 86.0 g/mol. The Hall–Kier alpha value is -0.400. The van der Waals surface area contributed by atoms with Gasteiger partial charge in [0.25, 0.3) is 0 Å². The molecule has 6 heavy (non-hydrogen) atoms. The lowest BCUT2D eigenvalue weighted by atomic mass is 10.5. The van der Waals surface area contributed by atoms with E-state index in [2.05, 4.69) is 6.58 Å². The van der Waals surface area contributed by atoms with Crippen LogP contribution >= 0.6 is 0 Å². The van der Waals surface area contributed by atoms with E-state index in [1.54, 1.807) is 0 Å². The van der Waals surface area contributed by atoms with E-state index in [0.29, 0.717) is 0 Å². The topological polar surface area (TPSA) is 0 Å². The maximum absolute atomic E-state index is 11.0. The van der Waals surface area contributed by atoms with E-state index in [0.717, 1.165) is 0 Å². The minimum Gasteiger partial charge on any atom is -0.210 e. The molecule has 0 aromatic carbocycles. The first-order valence-corrected chi connectivity index (χ1v) is 1.66. The molecule has 0 fully saturated rings. The normalized spacial score (nSPS) is 9.17. The average Bonchev–Trinajstić information content (AvgIpc) is 1.35. The molecule has 0 aliphatic heterocycles. The average molecular weight is 92.1 g/mol. The first-order valence-electron chi connectivity index (χ1n) is 1.66. The maximum Gasteiger partial charge on any atom is 0.242 e. The zero-order chi connectivity index (χ0) is 4.99. The van der Waals surface area contributed by atoms with Gasteiger partial charge in [0.1, 0.15) is 0 Å². The van der Waals surface area contributed by atoms with Crippen LogP contribution in [0.2, 0.25) is 0 Å². The van der Waals surface area contributed by atoms with E-state index in [9.17, 15) is 8.78 Å². The van der Waals surface area contributed by atoms with Crippen molar-refractivity contribution in [3.05, 3.63) is 12.7 Å². The molecule has 0 atom stereocenters. The van der Waals surface area contributed by atoms with Gasteiger partial charge in [0.15, 0.2) is 0 Å². The second-order valence-electron chi connectivity index (χ2n) is 0.915. The monoisotopic (exact) mass is 92.0 g/mol. The molecule has 0 bridgehead atoms. The molecule has 0 rings (SSSR count). The van der Waals surface area contributed by atoms with E-state index in [-0.39, 0.29) is 6.42 Å². The lowest BCUT2D eigenvalue weighted by Gasteiger charge is -1.84. The summed E-state index contributed by atoms with van der Waals surface area (Å²) in [5.41, 5.74) is 0. The van der Waals surface area contributed by atoms with Crippen molar-refractivity contribution < 1.29 is 8.78 Å². The van der Waals surface area contributed by atoms with Gasteiger partial charge in [0, 0.05) is 6.42 Å². The molecule has 0 unspecified atom stereocenters. The van der Waals surface area contributed by atoms with Crippen LogP contribution in [0.25, 0.3) is 0 Å². The fourth-order valence-electron chi connectivity index (χ4n) is 0.126. The van der Waals surface area contributed by atoms with Crippen molar-refractivity contribution in [3.8, 4) is 0 Å². The van der Waals surface area contributed by atoms with Gasteiger partial charge in [-0.25, -0.2) is 8.78 Å². The highest BCUT2D eigenvalue weighted by molar-refractivity contribution is 4.66. The smallest absolute Gasteiger partial charge is 0.210 e. The Morgan fingerprint density at radius 1 is 1.67 bits per heavy atom. The third-order valence-electron chi connectivity index (χ3n) is 0.345. The molecule has 2 heteroatoms. The fraction of sp³-hybridized carbons (Fsp3) is 0.500. The Bertz CT molecular complexity index is 40.8. The van der Waals surface area contributed by atoms with Crippen molar-refractivity contribution in [2.75, 3.05) is 0 Å². The standard InChI is InChI=1S/C4H6F2/c1-2-3-4(5)6/h2,4H,1,3H2. The Balaban J connectivity index is 2.81. The molecule has 0 saturated heterocycles. The zero-order valence-corrected chi connectivity index (χ0v) is 3.32. The maximum atomic E-state index is 11.0. The van der Waals surface area contributed by atoms with Crippen LogP contribution in [-0.2, 0) is 0 Å². The van der Waals surface area contributed by atoms with Crippen molar-refractivity contribution in [3.63, 3.8) is 0 Å². The first-order chi connectivity index (χ1) is 2.77. The lowest BCUT2D eigenvalue weighted by molar-refractivity contribution is 0.152. The Morgan fingerprint density at radius 3 is 2.17 bits per heavy atom. The van der Waals surface area contributed by atoms with Gasteiger partial charge < -0.3 is 0 Å². The molecule has 0 heterocycles. The molecule has 0 spiro atoms. The van der Waals surface area contributed by atoms with E-state index >= 15 is 0 Å². The molecule has 0 aromatic heterocycles. The summed E-state index contributed by atoms with van der Waals surface area (Å²) < 4.78 is 21.9. The van der Waals surface area contributed by atoms with E-state index in [1.165, 1.54) is 6.08 Å². The van der Waals surface area contributed by atoms with Gasteiger partial charge in [-0.1, -0.05) is 6.08 Å². The number of halogens is 2. The highest BCUT2D eigenvalue weighted by Crippen LogP contribution is 1.96.